The number of pyridine rings is 1. The number of anilines is 1. The first kappa shape index (κ1) is 18.0. The van der Waals surface area contributed by atoms with Gasteiger partial charge in [0, 0.05) is 18.5 Å². The summed E-state index contributed by atoms with van der Waals surface area (Å²) in [6.07, 6.45) is 4.83. The molecular weight excluding hydrogens is 450 g/mol. The van der Waals surface area contributed by atoms with Crippen molar-refractivity contribution in [2.24, 2.45) is 4.99 Å². The van der Waals surface area contributed by atoms with Crippen LogP contribution in [0.5, 0.6) is 0 Å². The highest BCUT2D eigenvalue weighted by Gasteiger charge is 2.35. The average Bonchev–Trinajstić information content (AvgIpc) is 3.21. The van der Waals surface area contributed by atoms with Gasteiger partial charge < -0.3 is 4.42 Å². The molecule has 1 aliphatic heterocycles. The highest BCUT2D eigenvalue weighted by molar-refractivity contribution is 9.10. The molecule has 8 heteroatoms. The predicted octanol–water partition coefficient (Wildman–Crippen LogP) is 5.90. The molecule has 4 rings (SSSR count). The van der Waals surface area contributed by atoms with Crippen LogP contribution in [-0.4, -0.2) is 16.1 Å². The van der Waals surface area contributed by atoms with Crippen LogP contribution in [0.25, 0.3) is 6.08 Å². The SMILES string of the molecule is O=C1/C(=C\c2ccc(Br)o2)SC(=Nc2ccncc2Cl)N1c1ccccc1. The fraction of sp³-hybridized carbons (Fsp3) is 0. The minimum Gasteiger partial charge on any atom is -0.450 e. The number of para-hydroxylation sites is 1. The molecule has 5 nitrogen and oxygen atoms in total. The summed E-state index contributed by atoms with van der Waals surface area (Å²) in [6.45, 7) is 0. The molecule has 134 valence electrons. The first-order chi connectivity index (χ1) is 13.1. The lowest BCUT2D eigenvalue weighted by Crippen LogP contribution is -2.28. The molecule has 0 radical (unpaired) electrons. The monoisotopic (exact) mass is 459 g/mol. The lowest BCUT2D eigenvalue weighted by Gasteiger charge is -2.15. The van der Waals surface area contributed by atoms with Gasteiger partial charge in [0.15, 0.2) is 9.84 Å². The summed E-state index contributed by atoms with van der Waals surface area (Å²) in [5.41, 5.74) is 1.27. The molecule has 27 heavy (non-hydrogen) atoms. The van der Waals surface area contributed by atoms with Crippen molar-refractivity contribution in [3.8, 4) is 0 Å². The third-order valence-electron chi connectivity index (χ3n) is 3.66. The number of thioether (sulfide) groups is 1. The van der Waals surface area contributed by atoms with Crippen molar-refractivity contribution in [3.63, 3.8) is 0 Å². The van der Waals surface area contributed by atoms with E-state index in [-0.39, 0.29) is 5.91 Å². The van der Waals surface area contributed by atoms with Gasteiger partial charge in [0.2, 0.25) is 0 Å². The summed E-state index contributed by atoms with van der Waals surface area (Å²) >= 11 is 10.7. The van der Waals surface area contributed by atoms with Crippen LogP contribution in [0.4, 0.5) is 11.4 Å². The van der Waals surface area contributed by atoms with Crippen molar-refractivity contribution < 1.29 is 9.21 Å². The molecule has 0 aliphatic carbocycles. The summed E-state index contributed by atoms with van der Waals surface area (Å²) in [5, 5.41) is 0.926. The fourth-order valence-corrected chi connectivity index (χ4v) is 3.90. The quantitative estimate of drug-likeness (QED) is 0.457. The number of halogens is 2. The van der Waals surface area contributed by atoms with Crippen molar-refractivity contribution in [3.05, 3.63) is 81.3 Å². The van der Waals surface area contributed by atoms with Crippen LogP contribution in [0.15, 0.2) is 79.9 Å². The van der Waals surface area contributed by atoms with Crippen LogP contribution in [0.1, 0.15) is 5.76 Å². The van der Waals surface area contributed by atoms with Gasteiger partial charge in [0.25, 0.3) is 5.91 Å². The Bertz CT molecular complexity index is 1070. The summed E-state index contributed by atoms with van der Waals surface area (Å²) in [4.78, 5) is 23.7. The molecular formula is C19H11BrClN3O2S. The molecule has 0 spiro atoms. The zero-order valence-corrected chi connectivity index (χ0v) is 16.8. The minimum absolute atomic E-state index is 0.178. The van der Waals surface area contributed by atoms with E-state index in [1.54, 1.807) is 35.4 Å². The largest absolute Gasteiger partial charge is 0.450 e. The van der Waals surface area contributed by atoms with E-state index >= 15 is 0 Å². The van der Waals surface area contributed by atoms with Crippen LogP contribution >= 0.6 is 39.3 Å². The van der Waals surface area contributed by atoms with Gasteiger partial charge in [-0.2, -0.15) is 0 Å². The normalized spacial score (nSPS) is 17.3. The van der Waals surface area contributed by atoms with Crippen molar-refractivity contribution in [1.82, 2.24) is 4.98 Å². The number of aliphatic imine (C=N–C) groups is 1. The molecule has 2 aromatic heterocycles. The van der Waals surface area contributed by atoms with Crippen LogP contribution < -0.4 is 4.90 Å². The summed E-state index contributed by atoms with van der Waals surface area (Å²) in [5.74, 6) is 0.400. The van der Waals surface area contributed by atoms with Gasteiger partial charge in [-0.3, -0.25) is 14.7 Å². The molecule has 0 saturated carbocycles. The van der Waals surface area contributed by atoms with Gasteiger partial charge in [-0.25, -0.2) is 4.99 Å². The van der Waals surface area contributed by atoms with Crippen LogP contribution in [-0.2, 0) is 4.79 Å². The van der Waals surface area contributed by atoms with E-state index in [2.05, 4.69) is 25.9 Å². The van der Waals surface area contributed by atoms with Crippen LogP contribution in [0.2, 0.25) is 5.02 Å². The number of nitrogens with zero attached hydrogens (tertiary/aromatic N) is 3. The van der Waals surface area contributed by atoms with Gasteiger partial charge in [0.05, 0.1) is 21.3 Å². The van der Waals surface area contributed by atoms with Gasteiger partial charge >= 0.3 is 0 Å². The number of hydrogen-bond donors (Lipinski definition) is 0. The molecule has 0 atom stereocenters. The van der Waals surface area contributed by atoms with E-state index in [9.17, 15) is 4.79 Å². The van der Waals surface area contributed by atoms with Gasteiger partial charge in [0.1, 0.15) is 5.76 Å². The summed E-state index contributed by atoms with van der Waals surface area (Å²) in [7, 11) is 0. The first-order valence-electron chi connectivity index (χ1n) is 7.84. The van der Waals surface area contributed by atoms with E-state index in [4.69, 9.17) is 16.0 Å². The zero-order chi connectivity index (χ0) is 18.8. The zero-order valence-electron chi connectivity index (χ0n) is 13.7. The second kappa shape index (κ2) is 7.72. The maximum Gasteiger partial charge on any atom is 0.271 e. The van der Waals surface area contributed by atoms with Crippen LogP contribution in [0.3, 0.4) is 0 Å². The Morgan fingerprint density at radius 1 is 1.19 bits per heavy atom. The van der Waals surface area contributed by atoms with Crippen molar-refractivity contribution in [2.75, 3.05) is 4.90 Å². The van der Waals surface area contributed by atoms with E-state index < -0.39 is 0 Å². The Morgan fingerprint density at radius 3 is 2.70 bits per heavy atom. The molecule has 0 N–H and O–H groups in total. The number of rotatable bonds is 3. The number of benzene rings is 1. The molecule has 1 aromatic carbocycles. The van der Waals surface area contributed by atoms with Crippen molar-refractivity contribution in [2.45, 2.75) is 0 Å². The fourth-order valence-electron chi connectivity index (χ4n) is 2.45. The highest BCUT2D eigenvalue weighted by Crippen LogP contribution is 2.38. The van der Waals surface area contributed by atoms with E-state index in [1.807, 2.05) is 30.3 Å². The first-order valence-corrected chi connectivity index (χ1v) is 9.83. The average molecular weight is 461 g/mol. The second-order valence-corrected chi connectivity index (χ2v) is 7.65. The third-order valence-corrected chi connectivity index (χ3v) is 5.34. The number of aromatic nitrogens is 1. The maximum absolute atomic E-state index is 13.1. The van der Waals surface area contributed by atoms with Crippen LogP contribution in [0, 0.1) is 0 Å². The molecule has 1 amide bonds. The van der Waals surface area contributed by atoms with E-state index in [1.165, 1.54) is 18.0 Å². The minimum atomic E-state index is -0.178. The summed E-state index contributed by atoms with van der Waals surface area (Å²) < 4.78 is 6.09. The Morgan fingerprint density at radius 2 is 2.00 bits per heavy atom. The van der Waals surface area contributed by atoms with E-state index in [0.29, 0.717) is 31.2 Å². The number of amidine groups is 1. The Balaban J connectivity index is 1.79. The predicted molar refractivity (Wildman–Crippen MR) is 112 cm³/mol. The Labute approximate surface area is 172 Å². The smallest absolute Gasteiger partial charge is 0.271 e. The molecule has 0 bridgehead atoms. The number of amides is 1. The van der Waals surface area contributed by atoms with Gasteiger partial charge in [-0.05, 0) is 58.0 Å². The number of furan rings is 1. The molecule has 1 saturated heterocycles. The van der Waals surface area contributed by atoms with Gasteiger partial charge in [-0.15, -0.1) is 0 Å². The highest BCUT2D eigenvalue weighted by atomic mass is 79.9. The molecule has 0 unspecified atom stereocenters. The lowest BCUT2D eigenvalue weighted by molar-refractivity contribution is -0.113. The Kier molecular flexibility index (Phi) is 5.15. The standard InChI is InChI=1S/C19H11BrClN3O2S/c20-17-7-6-13(26-17)10-16-18(25)24(12-4-2-1-3-5-12)19(27-16)23-15-8-9-22-11-14(15)21/h1-11H/b16-10+,23-19?. The Hall–Kier alpha value is -2.35. The summed E-state index contributed by atoms with van der Waals surface area (Å²) in [6, 6.07) is 14.6. The third kappa shape index (κ3) is 3.85. The van der Waals surface area contributed by atoms with Crippen molar-refractivity contribution >= 4 is 67.8 Å². The lowest BCUT2D eigenvalue weighted by atomic mass is 10.3. The van der Waals surface area contributed by atoms with Crippen molar-refractivity contribution in [1.29, 1.82) is 0 Å². The number of hydrogen-bond acceptors (Lipinski definition) is 5. The molecule has 1 fully saturated rings. The van der Waals surface area contributed by atoms with E-state index in [0.717, 1.165) is 5.69 Å². The maximum atomic E-state index is 13.1. The topological polar surface area (TPSA) is 58.7 Å². The number of carbonyl (C=O) groups is 1. The molecule has 3 heterocycles. The number of carbonyl (C=O) groups excluding carboxylic acids is 1. The molecule has 3 aromatic rings. The van der Waals surface area contributed by atoms with Gasteiger partial charge in [-0.1, -0.05) is 29.8 Å². The molecule has 1 aliphatic rings. The second-order valence-electron chi connectivity index (χ2n) is 5.45.